The molecule has 0 saturated carbocycles. The Morgan fingerprint density at radius 2 is 0.561 bits per heavy atom. The molecule has 308 valence electrons. The Labute approximate surface area is 384 Å². The van der Waals surface area contributed by atoms with Gasteiger partial charge in [0, 0.05) is 16.7 Å². The van der Waals surface area contributed by atoms with Crippen molar-refractivity contribution in [2.24, 2.45) is 0 Å². The second kappa shape index (κ2) is 16.7. The van der Waals surface area contributed by atoms with Gasteiger partial charge in [-0.2, -0.15) is 0 Å². The summed E-state index contributed by atoms with van der Waals surface area (Å²) < 4.78 is 0. The molecule has 0 saturated heterocycles. The van der Waals surface area contributed by atoms with Crippen molar-refractivity contribution >= 4 is 32.3 Å². The summed E-state index contributed by atoms with van der Waals surface area (Å²) in [7, 11) is 0. The van der Waals surface area contributed by atoms with Gasteiger partial charge in [-0.3, -0.25) is 0 Å². The summed E-state index contributed by atoms with van der Waals surface area (Å²) in [6.07, 6.45) is 0. The maximum atomic E-state index is 5.33. The zero-order valence-electron chi connectivity index (χ0n) is 36.0. The Morgan fingerprint density at radius 3 is 1.20 bits per heavy atom. The van der Waals surface area contributed by atoms with Gasteiger partial charge in [0.05, 0.1) is 0 Å². The highest BCUT2D eigenvalue weighted by atomic mass is 15.0. The molecule has 3 nitrogen and oxygen atoms in total. The third-order valence-corrected chi connectivity index (χ3v) is 12.8. The van der Waals surface area contributed by atoms with Crippen LogP contribution in [0.15, 0.2) is 249 Å². The molecule has 12 aromatic rings. The van der Waals surface area contributed by atoms with Crippen LogP contribution >= 0.6 is 0 Å². The average molecular weight is 840 g/mol. The molecular formula is C63H41N3. The molecule has 0 bridgehead atoms. The van der Waals surface area contributed by atoms with Gasteiger partial charge >= 0.3 is 0 Å². The van der Waals surface area contributed by atoms with E-state index in [1.54, 1.807) is 0 Å². The first-order chi connectivity index (χ1) is 32.7. The summed E-state index contributed by atoms with van der Waals surface area (Å²) in [5, 5.41) is 7.23. The van der Waals surface area contributed by atoms with Gasteiger partial charge in [0.25, 0.3) is 0 Å². The fourth-order valence-electron chi connectivity index (χ4n) is 9.60. The molecule has 0 aliphatic heterocycles. The van der Waals surface area contributed by atoms with Gasteiger partial charge in [-0.05, 0) is 94.0 Å². The summed E-state index contributed by atoms with van der Waals surface area (Å²) >= 11 is 0. The van der Waals surface area contributed by atoms with Crippen LogP contribution in [-0.2, 0) is 0 Å². The third-order valence-electron chi connectivity index (χ3n) is 12.8. The lowest BCUT2D eigenvalue weighted by molar-refractivity contribution is 1.07. The second-order valence-corrected chi connectivity index (χ2v) is 16.7. The fraction of sp³-hybridized carbons (Fsp3) is 0. The highest BCUT2D eigenvalue weighted by Gasteiger charge is 2.19. The lowest BCUT2D eigenvalue weighted by atomic mass is 9.91. The highest BCUT2D eigenvalue weighted by Crippen LogP contribution is 2.40. The van der Waals surface area contributed by atoms with Crippen LogP contribution in [0.1, 0.15) is 0 Å². The zero-order chi connectivity index (χ0) is 43.8. The quantitative estimate of drug-likeness (QED) is 0.153. The molecule has 0 atom stereocenters. The molecule has 0 aliphatic carbocycles. The Kier molecular flexibility index (Phi) is 9.85. The molecule has 1 heterocycles. The number of hydrogen-bond donors (Lipinski definition) is 0. The zero-order valence-corrected chi connectivity index (χ0v) is 36.0. The van der Waals surface area contributed by atoms with Crippen LogP contribution in [0.3, 0.4) is 0 Å². The van der Waals surface area contributed by atoms with Gasteiger partial charge < -0.3 is 0 Å². The molecule has 66 heavy (non-hydrogen) atoms. The standard InChI is InChI=1S/C63H41N3/c1-2-17-42(18-3-1)52-39-40-53(56-30-11-10-29-55(52)56)47-23-14-24-48(41-47)62-64-61(65-63(66-62)60-32-13-12-31-59(60)58-34-16-22-44-20-5-7-26-50(44)58)46-37-35-45(36-38-46)51-27-8-9-28-54(51)57-33-15-21-43-19-4-6-25-49(43)57/h1-41H. The monoisotopic (exact) mass is 839 g/mol. The first kappa shape index (κ1) is 38.9. The summed E-state index contributed by atoms with van der Waals surface area (Å²) in [5.41, 5.74) is 14.3. The van der Waals surface area contributed by atoms with E-state index in [1.807, 2.05) is 0 Å². The molecule has 0 amide bonds. The summed E-state index contributed by atoms with van der Waals surface area (Å²) in [6.45, 7) is 0. The van der Waals surface area contributed by atoms with Crippen molar-refractivity contribution in [3.63, 3.8) is 0 Å². The number of rotatable bonds is 8. The van der Waals surface area contributed by atoms with E-state index < -0.39 is 0 Å². The number of nitrogens with zero attached hydrogens (tertiary/aromatic N) is 3. The van der Waals surface area contributed by atoms with Gasteiger partial charge in [0.2, 0.25) is 0 Å². The van der Waals surface area contributed by atoms with Crippen molar-refractivity contribution in [1.29, 1.82) is 0 Å². The van der Waals surface area contributed by atoms with E-state index in [-0.39, 0.29) is 0 Å². The summed E-state index contributed by atoms with van der Waals surface area (Å²) in [5.74, 6) is 1.84. The number of benzene rings is 11. The van der Waals surface area contributed by atoms with Crippen LogP contribution < -0.4 is 0 Å². The minimum absolute atomic E-state index is 0.611. The molecule has 1 aromatic heterocycles. The van der Waals surface area contributed by atoms with Gasteiger partial charge in [-0.25, -0.2) is 15.0 Å². The molecule has 0 aliphatic rings. The van der Waals surface area contributed by atoms with Crippen LogP contribution in [0.4, 0.5) is 0 Å². The predicted molar refractivity (Wildman–Crippen MR) is 276 cm³/mol. The fourth-order valence-corrected chi connectivity index (χ4v) is 9.60. The number of hydrogen-bond acceptors (Lipinski definition) is 3. The molecule has 0 unspecified atom stereocenters. The van der Waals surface area contributed by atoms with Gasteiger partial charge in [-0.15, -0.1) is 0 Å². The minimum atomic E-state index is 0.611. The largest absolute Gasteiger partial charge is 0.208 e. The lowest BCUT2D eigenvalue weighted by Crippen LogP contribution is -2.01. The maximum absolute atomic E-state index is 5.33. The number of aromatic nitrogens is 3. The molecule has 3 heteroatoms. The van der Waals surface area contributed by atoms with E-state index >= 15 is 0 Å². The van der Waals surface area contributed by atoms with Crippen LogP contribution in [0.2, 0.25) is 0 Å². The highest BCUT2D eigenvalue weighted by molar-refractivity contribution is 6.06. The summed E-state index contributed by atoms with van der Waals surface area (Å²) in [6, 6.07) is 88.4. The topological polar surface area (TPSA) is 38.7 Å². The van der Waals surface area contributed by atoms with Gasteiger partial charge in [-0.1, -0.05) is 243 Å². The Hall–Kier alpha value is -8.79. The van der Waals surface area contributed by atoms with E-state index in [0.717, 1.165) is 44.5 Å². The summed E-state index contributed by atoms with van der Waals surface area (Å²) in [4.78, 5) is 15.9. The second-order valence-electron chi connectivity index (χ2n) is 16.7. The Morgan fingerprint density at radius 1 is 0.182 bits per heavy atom. The smallest absolute Gasteiger partial charge is 0.164 e. The van der Waals surface area contributed by atoms with Gasteiger partial charge in [0.1, 0.15) is 0 Å². The Bertz CT molecular complexity index is 3750. The van der Waals surface area contributed by atoms with E-state index in [4.69, 9.17) is 15.0 Å². The van der Waals surface area contributed by atoms with Crippen LogP contribution in [0.5, 0.6) is 0 Å². The predicted octanol–water partition coefficient (Wildman–Crippen LogP) is 16.7. The normalized spacial score (nSPS) is 11.3. The molecular weight excluding hydrogens is 799 g/mol. The molecule has 12 rings (SSSR count). The van der Waals surface area contributed by atoms with Crippen molar-refractivity contribution in [2.45, 2.75) is 0 Å². The Balaban J connectivity index is 1.00. The van der Waals surface area contributed by atoms with Crippen molar-refractivity contribution in [1.82, 2.24) is 15.0 Å². The first-order valence-electron chi connectivity index (χ1n) is 22.4. The van der Waals surface area contributed by atoms with Crippen molar-refractivity contribution in [3.8, 4) is 89.8 Å². The van der Waals surface area contributed by atoms with Crippen LogP contribution in [-0.4, -0.2) is 15.0 Å². The molecule has 0 N–H and O–H groups in total. The van der Waals surface area contributed by atoms with E-state index in [1.165, 1.54) is 60.1 Å². The third kappa shape index (κ3) is 7.10. The lowest BCUT2D eigenvalue weighted by Gasteiger charge is -2.15. The average Bonchev–Trinajstić information content (AvgIpc) is 3.40. The SMILES string of the molecule is c1ccc(-c2ccc(-c3cccc(-c4nc(-c5ccc(-c6ccccc6-c6cccc7ccccc67)cc5)nc(-c5ccccc5-c5cccc6ccccc56)n4)c3)c3ccccc23)cc1. The molecule has 0 radical (unpaired) electrons. The van der Waals surface area contributed by atoms with Crippen molar-refractivity contribution in [3.05, 3.63) is 249 Å². The van der Waals surface area contributed by atoms with Crippen molar-refractivity contribution in [2.75, 3.05) is 0 Å². The first-order valence-corrected chi connectivity index (χ1v) is 22.4. The van der Waals surface area contributed by atoms with E-state index in [0.29, 0.717) is 17.5 Å². The molecule has 11 aromatic carbocycles. The van der Waals surface area contributed by atoms with E-state index in [9.17, 15) is 0 Å². The minimum Gasteiger partial charge on any atom is -0.208 e. The van der Waals surface area contributed by atoms with Crippen LogP contribution in [0.25, 0.3) is 122 Å². The van der Waals surface area contributed by atoms with Crippen LogP contribution in [0, 0.1) is 0 Å². The molecule has 0 spiro atoms. The van der Waals surface area contributed by atoms with Gasteiger partial charge in [0.15, 0.2) is 17.5 Å². The van der Waals surface area contributed by atoms with Crippen molar-refractivity contribution < 1.29 is 0 Å². The number of fused-ring (bicyclic) bond motifs is 3. The maximum Gasteiger partial charge on any atom is 0.164 e. The van der Waals surface area contributed by atoms with E-state index in [2.05, 4.69) is 249 Å². The molecule has 0 fully saturated rings.